The Morgan fingerprint density at radius 2 is 1.96 bits per heavy atom. The number of aliphatic imine (C=N–C) groups is 1. The Morgan fingerprint density at radius 1 is 1.27 bits per heavy atom. The van der Waals surface area contributed by atoms with Crippen LogP contribution in [0.5, 0.6) is 5.75 Å². The number of nitrogens with zero attached hydrogens (tertiary/aromatic N) is 2. The van der Waals surface area contributed by atoms with Crippen molar-refractivity contribution in [2.75, 3.05) is 0 Å². The molecule has 3 aromatic rings. The molecule has 0 aliphatic rings. The second-order valence-electron chi connectivity index (χ2n) is 5.80. The minimum Gasteiger partial charge on any atom is -0.506 e. The molecule has 8 heteroatoms. The topological polar surface area (TPSA) is 89.6 Å². The van der Waals surface area contributed by atoms with E-state index < -0.39 is 0 Å². The molecule has 1 aromatic heterocycles. The number of aryl methyl sites for hydroxylation is 1. The molecule has 0 radical (unpaired) electrons. The van der Waals surface area contributed by atoms with Gasteiger partial charge in [0.2, 0.25) is 0 Å². The van der Waals surface area contributed by atoms with E-state index in [-0.39, 0.29) is 18.3 Å². The number of hydrogen-bond acceptors (Lipinski definition) is 3. The zero-order valence-electron chi connectivity index (χ0n) is 14.0. The first-order chi connectivity index (χ1) is 12.4. The van der Waals surface area contributed by atoms with E-state index in [0.29, 0.717) is 10.0 Å². The molecule has 136 valence electrons. The molecule has 0 fully saturated rings. The molecule has 26 heavy (non-hydrogen) atoms. The van der Waals surface area contributed by atoms with Crippen LogP contribution in [0.1, 0.15) is 11.3 Å². The van der Waals surface area contributed by atoms with Crippen molar-refractivity contribution in [2.45, 2.75) is 17.2 Å². The Labute approximate surface area is 169 Å². The van der Waals surface area contributed by atoms with E-state index in [9.17, 15) is 5.11 Å². The van der Waals surface area contributed by atoms with E-state index in [1.807, 2.05) is 37.4 Å². The fraction of sp³-hybridized carbons (Fsp3) is 0.167. The van der Waals surface area contributed by atoms with Gasteiger partial charge in [-0.3, -0.25) is 0 Å². The molecule has 2 aromatic carbocycles. The Bertz CT molecular complexity index is 981. The van der Waals surface area contributed by atoms with Crippen molar-refractivity contribution in [1.82, 2.24) is 4.57 Å². The molecule has 0 aliphatic heterocycles. The number of phenolic OH excluding ortho intramolecular Hbond substituents is 1. The summed E-state index contributed by atoms with van der Waals surface area (Å²) in [5.74, 6) is 0.935. The van der Waals surface area contributed by atoms with E-state index in [0.717, 1.165) is 32.3 Å². The van der Waals surface area contributed by atoms with Gasteiger partial charge in [0.05, 0.1) is 11.0 Å². The second-order valence-corrected chi connectivity index (χ2v) is 8.14. The van der Waals surface area contributed by atoms with E-state index in [1.165, 1.54) is 0 Å². The highest BCUT2D eigenvalue weighted by Crippen LogP contribution is 2.37. The van der Waals surface area contributed by atoms with Crippen LogP contribution in [0.3, 0.4) is 0 Å². The quantitative estimate of drug-likeness (QED) is 0.304. The van der Waals surface area contributed by atoms with Gasteiger partial charge < -0.3 is 21.1 Å². The van der Waals surface area contributed by atoms with Crippen LogP contribution in [-0.4, -0.2) is 15.6 Å². The van der Waals surface area contributed by atoms with Gasteiger partial charge in [-0.1, -0.05) is 11.6 Å². The van der Waals surface area contributed by atoms with E-state index in [2.05, 4.69) is 31.6 Å². The van der Waals surface area contributed by atoms with Gasteiger partial charge in [-0.25, -0.2) is 4.99 Å². The first-order valence-electron chi connectivity index (χ1n) is 7.79. The van der Waals surface area contributed by atoms with Gasteiger partial charge in [0.1, 0.15) is 5.75 Å². The summed E-state index contributed by atoms with van der Waals surface area (Å²) < 4.78 is 2.73. The summed E-state index contributed by atoms with van der Waals surface area (Å²) in [5.41, 5.74) is 13.7. The second kappa shape index (κ2) is 7.82. The predicted octanol–water partition coefficient (Wildman–Crippen LogP) is 4.37. The molecule has 0 unspecified atom stereocenters. The number of halogens is 2. The molecule has 5 N–H and O–H groups in total. The van der Waals surface area contributed by atoms with Crippen LogP contribution in [-0.2, 0) is 19.3 Å². The van der Waals surface area contributed by atoms with Crippen molar-refractivity contribution in [3.63, 3.8) is 0 Å². The van der Waals surface area contributed by atoms with Gasteiger partial charge in [-0.05, 0) is 52.3 Å². The summed E-state index contributed by atoms with van der Waals surface area (Å²) in [5, 5.41) is 12.1. The number of aromatic nitrogens is 1. The SMILES string of the molecule is Cn1c(CSc2ccc(Cl)cc2)cc2c(CN=C(N)N)c(O)c(Br)cc21. The minimum atomic E-state index is -0.00743. The number of benzene rings is 2. The number of rotatable bonds is 5. The third-order valence-electron chi connectivity index (χ3n) is 4.10. The smallest absolute Gasteiger partial charge is 0.186 e. The summed E-state index contributed by atoms with van der Waals surface area (Å²) in [4.78, 5) is 5.20. The normalized spacial score (nSPS) is 11.0. The highest BCUT2D eigenvalue weighted by Gasteiger charge is 2.16. The maximum atomic E-state index is 10.4. The maximum absolute atomic E-state index is 10.4. The summed E-state index contributed by atoms with van der Waals surface area (Å²) >= 11 is 11.1. The maximum Gasteiger partial charge on any atom is 0.186 e. The Kier molecular flexibility index (Phi) is 5.70. The molecule has 0 saturated carbocycles. The monoisotopic (exact) mass is 452 g/mol. The Balaban J connectivity index is 1.97. The predicted molar refractivity (Wildman–Crippen MR) is 113 cm³/mol. The lowest BCUT2D eigenvalue weighted by Gasteiger charge is -2.08. The van der Waals surface area contributed by atoms with Gasteiger partial charge in [0.15, 0.2) is 5.96 Å². The molecule has 0 aliphatic carbocycles. The fourth-order valence-electron chi connectivity index (χ4n) is 2.71. The average Bonchev–Trinajstić information content (AvgIpc) is 2.90. The molecule has 0 spiro atoms. The third-order valence-corrected chi connectivity index (χ3v) is 6.00. The van der Waals surface area contributed by atoms with Gasteiger partial charge in [-0.15, -0.1) is 11.8 Å². The molecular weight excluding hydrogens is 436 g/mol. The number of phenols is 1. The highest BCUT2D eigenvalue weighted by atomic mass is 79.9. The van der Waals surface area contributed by atoms with Crippen LogP contribution in [0.2, 0.25) is 5.02 Å². The van der Waals surface area contributed by atoms with Crippen LogP contribution in [0.4, 0.5) is 0 Å². The van der Waals surface area contributed by atoms with Crippen molar-refractivity contribution in [2.24, 2.45) is 23.5 Å². The summed E-state index contributed by atoms with van der Waals surface area (Å²) in [7, 11) is 2.01. The zero-order chi connectivity index (χ0) is 18.8. The molecular formula is C18H18BrClN4OS. The molecule has 0 atom stereocenters. The minimum absolute atomic E-state index is 0.00743. The van der Waals surface area contributed by atoms with Crippen LogP contribution in [0.15, 0.2) is 50.8 Å². The van der Waals surface area contributed by atoms with Crippen molar-refractivity contribution in [1.29, 1.82) is 0 Å². The third kappa shape index (κ3) is 3.95. The van der Waals surface area contributed by atoms with E-state index in [1.54, 1.807) is 11.8 Å². The zero-order valence-corrected chi connectivity index (χ0v) is 17.2. The lowest BCUT2D eigenvalue weighted by molar-refractivity contribution is 0.466. The van der Waals surface area contributed by atoms with Crippen LogP contribution >= 0.6 is 39.3 Å². The van der Waals surface area contributed by atoms with Gasteiger partial charge >= 0.3 is 0 Å². The lowest BCUT2D eigenvalue weighted by Crippen LogP contribution is -2.22. The Morgan fingerprint density at radius 3 is 2.62 bits per heavy atom. The summed E-state index contributed by atoms with van der Waals surface area (Å²) in [6.07, 6.45) is 0. The largest absolute Gasteiger partial charge is 0.506 e. The fourth-order valence-corrected chi connectivity index (χ4v) is 4.21. The van der Waals surface area contributed by atoms with Gasteiger partial charge in [0.25, 0.3) is 0 Å². The Hall–Kier alpha value is -1.83. The van der Waals surface area contributed by atoms with E-state index in [4.69, 9.17) is 23.1 Å². The first-order valence-corrected chi connectivity index (χ1v) is 9.95. The lowest BCUT2D eigenvalue weighted by atomic mass is 10.1. The average molecular weight is 454 g/mol. The molecule has 0 amide bonds. The van der Waals surface area contributed by atoms with E-state index >= 15 is 0 Å². The number of fused-ring (bicyclic) bond motifs is 1. The first kappa shape index (κ1) is 18.9. The van der Waals surface area contributed by atoms with Crippen molar-refractivity contribution < 1.29 is 5.11 Å². The van der Waals surface area contributed by atoms with Crippen LogP contribution in [0, 0.1) is 0 Å². The van der Waals surface area contributed by atoms with Crippen LogP contribution in [0.25, 0.3) is 10.9 Å². The number of aromatic hydroxyl groups is 1. The highest BCUT2D eigenvalue weighted by molar-refractivity contribution is 9.10. The molecule has 0 bridgehead atoms. The van der Waals surface area contributed by atoms with Crippen molar-refractivity contribution in [3.8, 4) is 5.75 Å². The molecule has 0 saturated heterocycles. The summed E-state index contributed by atoms with van der Waals surface area (Å²) in [6.45, 7) is 0.220. The van der Waals surface area contributed by atoms with Crippen LogP contribution < -0.4 is 11.5 Å². The van der Waals surface area contributed by atoms with Crippen molar-refractivity contribution >= 4 is 56.2 Å². The number of hydrogen-bond donors (Lipinski definition) is 3. The van der Waals surface area contributed by atoms with Gasteiger partial charge in [0, 0.05) is 44.9 Å². The number of guanidine groups is 1. The number of nitrogens with two attached hydrogens (primary N) is 2. The standard InChI is InChI=1S/C18H18BrClN4OS/c1-24-11(9-26-12-4-2-10(20)3-5-12)6-13-14(8-23-18(21)22)17(25)15(19)7-16(13)24/h2-7,25H,8-9H2,1H3,(H4,21,22,23). The number of thioether (sulfide) groups is 1. The van der Waals surface area contributed by atoms with Gasteiger partial charge in [-0.2, -0.15) is 0 Å². The summed E-state index contributed by atoms with van der Waals surface area (Å²) in [6, 6.07) is 11.7. The van der Waals surface area contributed by atoms with Crippen molar-refractivity contribution in [3.05, 3.63) is 57.2 Å². The molecule has 1 heterocycles. The molecule has 3 rings (SSSR count). The molecule has 5 nitrogen and oxygen atoms in total.